The lowest BCUT2D eigenvalue weighted by Gasteiger charge is -2.38. The molecule has 2 aliphatic heterocycles. The van der Waals surface area contributed by atoms with E-state index >= 15 is 0 Å². The second kappa shape index (κ2) is 5.53. The summed E-state index contributed by atoms with van der Waals surface area (Å²) in [7, 11) is 0. The van der Waals surface area contributed by atoms with Crippen LogP contribution in [0.25, 0.3) is 11.1 Å². The Kier molecular flexibility index (Phi) is 3.52. The summed E-state index contributed by atoms with van der Waals surface area (Å²) in [6, 6.07) is 13.2. The van der Waals surface area contributed by atoms with Gasteiger partial charge in [0.1, 0.15) is 0 Å². The van der Waals surface area contributed by atoms with E-state index in [0.717, 1.165) is 28.0 Å². The zero-order chi connectivity index (χ0) is 18.6. The number of rotatable bonds is 2. The van der Waals surface area contributed by atoms with Crippen molar-refractivity contribution in [3.63, 3.8) is 0 Å². The first-order valence-electron chi connectivity index (χ1n) is 8.80. The molecule has 2 aromatic rings. The van der Waals surface area contributed by atoms with Crippen LogP contribution in [-0.4, -0.2) is 17.2 Å². The first-order valence-corrected chi connectivity index (χ1v) is 8.80. The molecule has 0 saturated carbocycles. The maximum absolute atomic E-state index is 13.3. The largest absolute Gasteiger partial charge is 0.298 e. The number of hydrogen-bond acceptors (Lipinski definition) is 2. The molecule has 0 radical (unpaired) electrons. The van der Waals surface area contributed by atoms with Gasteiger partial charge in [-0.05, 0) is 57.0 Å². The number of amides is 1. The van der Waals surface area contributed by atoms with Crippen LogP contribution in [0.15, 0.2) is 54.6 Å². The highest BCUT2D eigenvalue weighted by Crippen LogP contribution is 2.49. The molecule has 2 aliphatic rings. The Morgan fingerprint density at radius 2 is 1.69 bits per heavy atom. The molecule has 0 fully saturated rings. The smallest absolute Gasteiger partial charge is 0.259 e. The van der Waals surface area contributed by atoms with Crippen molar-refractivity contribution in [3.05, 3.63) is 76.9 Å². The minimum absolute atomic E-state index is 0.107. The SMILES string of the molecule is CC1=CC(C)(C)N2C(=O)/C(=C/C(=O)c3ccccc3)c3cc(C)cc1c32. The second-order valence-electron chi connectivity index (χ2n) is 7.62. The van der Waals surface area contributed by atoms with Gasteiger partial charge in [0, 0.05) is 16.7 Å². The minimum Gasteiger partial charge on any atom is -0.298 e. The third kappa shape index (κ3) is 2.35. The fourth-order valence-corrected chi connectivity index (χ4v) is 4.04. The predicted molar refractivity (Wildman–Crippen MR) is 105 cm³/mol. The first-order chi connectivity index (χ1) is 12.3. The monoisotopic (exact) mass is 343 g/mol. The molecular formula is C23H21NO2. The van der Waals surface area contributed by atoms with Crippen LogP contribution in [0.3, 0.4) is 0 Å². The molecule has 130 valence electrons. The van der Waals surface area contributed by atoms with Crippen LogP contribution in [0.4, 0.5) is 5.69 Å². The summed E-state index contributed by atoms with van der Waals surface area (Å²) in [5.74, 6) is -0.253. The number of hydrogen-bond donors (Lipinski definition) is 0. The highest BCUT2D eigenvalue weighted by atomic mass is 16.2. The topological polar surface area (TPSA) is 37.4 Å². The van der Waals surface area contributed by atoms with E-state index in [1.807, 2.05) is 49.9 Å². The average molecular weight is 343 g/mol. The highest BCUT2D eigenvalue weighted by molar-refractivity contribution is 6.37. The summed E-state index contributed by atoms with van der Waals surface area (Å²) in [5.41, 5.74) is 5.74. The molecule has 3 nitrogen and oxygen atoms in total. The maximum Gasteiger partial charge on any atom is 0.259 e. The Hall–Kier alpha value is -2.94. The zero-order valence-electron chi connectivity index (χ0n) is 15.5. The van der Waals surface area contributed by atoms with E-state index in [1.165, 1.54) is 6.08 Å². The molecule has 0 saturated heterocycles. The number of carbonyl (C=O) groups is 2. The quantitative estimate of drug-likeness (QED) is 0.580. The van der Waals surface area contributed by atoms with E-state index in [1.54, 1.807) is 12.1 Å². The van der Waals surface area contributed by atoms with Crippen LogP contribution in [0.2, 0.25) is 0 Å². The molecule has 2 aromatic carbocycles. The Labute approximate surface area is 153 Å². The highest BCUT2D eigenvalue weighted by Gasteiger charge is 2.44. The van der Waals surface area contributed by atoms with Gasteiger partial charge in [0.25, 0.3) is 5.91 Å². The van der Waals surface area contributed by atoms with Gasteiger partial charge in [-0.25, -0.2) is 0 Å². The molecule has 4 rings (SSSR count). The molecule has 26 heavy (non-hydrogen) atoms. The lowest BCUT2D eigenvalue weighted by molar-refractivity contribution is -0.113. The van der Waals surface area contributed by atoms with Gasteiger partial charge in [0.2, 0.25) is 0 Å². The van der Waals surface area contributed by atoms with Crippen molar-refractivity contribution in [1.29, 1.82) is 0 Å². The van der Waals surface area contributed by atoms with E-state index in [9.17, 15) is 9.59 Å². The van der Waals surface area contributed by atoms with Crippen LogP contribution >= 0.6 is 0 Å². The van der Waals surface area contributed by atoms with E-state index in [-0.39, 0.29) is 11.7 Å². The molecule has 1 amide bonds. The summed E-state index contributed by atoms with van der Waals surface area (Å²) in [6.07, 6.45) is 3.62. The molecule has 0 spiro atoms. The molecule has 0 atom stereocenters. The lowest BCUT2D eigenvalue weighted by Crippen LogP contribution is -2.46. The fourth-order valence-electron chi connectivity index (χ4n) is 4.04. The maximum atomic E-state index is 13.3. The Bertz CT molecular complexity index is 1010. The molecule has 0 aromatic heterocycles. The molecule has 2 heterocycles. The molecule has 0 unspecified atom stereocenters. The Morgan fingerprint density at radius 3 is 2.38 bits per heavy atom. The number of nitrogens with zero attached hydrogens (tertiary/aromatic N) is 1. The molecule has 3 heteroatoms. The molecule has 0 N–H and O–H groups in total. The summed E-state index contributed by atoms with van der Waals surface area (Å²) in [6.45, 7) is 8.16. The van der Waals surface area contributed by atoms with Crippen molar-refractivity contribution in [2.24, 2.45) is 0 Å². The number of benzene rings is 2. The third-order valence-corrected chi connectivity index (χ3v) is 5.11. The zero-order valence-corrected chi connectivity index (χ0v) is 15.5. The normalized spacial score (nSPS) is 18.8. The van der Waals surface area contributed by atoms with Gasteiger partial charge < -0.3 is 0 Å². The van der Waals surface area contributed by atoms with Crippen LogP contribution in [-0.2, 0) is 4.79 Å². The summed E-state index contributed by atoms with van der Waals surface area (Å²) >= 11 is 0. The van der Waals surface area contributed by atoms with Crippen molar-refractivity contribution in [3.8, 4) is 0 Å². The molecule has 0 bridgehead atoms. The van der Waals surface area contributed by atoms with Crippen LogP contribution in [0, 0.1) is 6.92 Å². The number of carbonyl (C=O) groups excluding carboxylic acids is 2. The van der Waals surface area contributed by atoms with Crippen molar-refractivity contribution in [1.82, 2.24) is 0 Å². The fraction of sp³-hybridized carbons (Fsp3) is 0.217. The predicted octanol–water partition coefficient (Wildman–Crippen LogP) is 4.80. The van der Waals surface area contributed by atoms with Crippen molar-refractivity contribution >= 4 is 28.5 Å². The summed E-state index contributed by atoms with van der Waals surface area (Å²) in [5, 5.41) is 0. The van der Waals surface area contributed by atoms with Gasteiger partial charge >= 0.3 is 0 Å². The number of allylic oxidation sites excluding steroid dienone is 2. The minimum atomic E-state index is -0.427. The van der Waals surface area contributed by atoms with E-state index in [0.29, 0.717) is 11.1 Å². The van der Waals surface area contributed by atoms with Crippen molar-refractivity contribution < 1.29 is 9.59 Å². The Balaban J connectivity index is 1.93. The number of ketones is 1. The Morgan fingerprint density at radius 1 is 1.04 bits per heavy atom. The first kappa shape index (κ1) is 16.5. The molecule has 0 aliphatic carbocycles. The third-order valence-electron chi connectivity index (χ3n) is 5.11. The average Bonchev–Trinajstić information content (AvgIpc) is 2.86. The van der Waals surface area contributed by atoms with Gasteiger partial charge in [-0.15, -0.1) is 0 Å². The van der Waals surface area contributed by atoms with E-state index in [2.05, 4.69) is 19.1 Å². The number of anilines is 1. The van der Waals surface area contributed by atoms with Gasteiger partial charge in [0.15, 0.2) is 5.78 Å². The molecular weight excluding hydrogens is 322 g/mol. The summed E-state index contributed by atoms with van der Waals surface area (Å²) < 4.78 is 0. The second-order valence-corrected chi connectivity index (χ2v) is 7.62. The van der Waals surface area contributed by atoms with Gasteiger partial charge in [-0.2, -0.15) is 0 Å². The lowest BCUT2D eigenvalue weighted by atomic mass is 9.88. The standard InChI is InChI=1S/C23H21NO2/c1-14-10-17-15(2)13-23(3,4)24-21(17)18(11-14)19(22(24)26)12-20(25)16-8-6-5-7-9-16/h5-13H,1-4H3/b19-12+. The van der Waals surface area contributed by atoms with Crippen molar-refractivity contribution in [2.75, 3.05) is 4.90 Å². The van der Waals surface area contributed by atoms with Crippen LogP contribution < -0.4 is 4.90 Å². The summed E-state index contributed by atoms with van der Waals surface area (Å²) in [4.78, 5) is 27.8. The van der Waals surface area contributed by atoms with E-state index < -0.39 is 5.54 Å². The van der Waals surface area contributed by atoms with Crippen LogP contribution in [0.1, 0.15) is 47.8 Å². The number of aryl methyl sites for hydroxylation is 1. The van der Waals surface area contributed by atoms with Crippen LogP contribution in [0.5, 0.6) is 0 Å². The van der Waals surface area contributed by atoms with Gasteiger partial charge in [0.05, 0.1) is 16.8 Å². The van der Waals surface area contributed by atoms with Gasteiger partial charge in [-0.1, -0.05) is 36.4 Å². The van der Waals surface area contributed by atoms with E-state index in [4.69, 9.17) is 0 Å². The van der Waals surface area contributed by atoms with Crippen molar-refractivity contribution in [2.45, 2.75) is 33.2 Å². The van der Waals surface area contributed by atoms with Gasteiger partial charge in [-0.3, -0.25) is 14.5 Å².